The number of H-pyrrole nitrogens is 1. The molecule has 3 aromatic carbocycles. The first-order valence-corrected chi connectivity index (χ1v) is 11.5. The molecule has 1 aromatic heterocycles. The van der Waals surface area contributed by atoms with Gasteiger partial charge in [0.05, 0.1) is 11.3 Å². The van der Waals surface area contributed by atoms with Crippen molar-refractivity contribution >= 4 is 11.6 Å². The van der Waals surface area contributed by atoms with Gasteiger partial charge in [-0.1, -0.05) is 48.5 Å². The number of benzene rings is 3. The van der Waals surface area contributed by atoms with Crippen LogP contribution < -0.4 is 15.6 Å². The van der Waals surface area contributed by atoms with Gasteiger partial charge in [0.1, 0.15) is 17.3 Å². The van der Waals surface area contributed by atoms with Gasteiger partial charge in [0.15, 0.2) is 5.78 Å². The number of hydrogen-bond donors (Lipinski definition) is 2. The average molecular weight is 450 g/mol. The van der Waals surface area contributed by atoms with Crippen molar-refractivity contribution in [1.29, 1.82) is 0 Å². The fourth-order valence-electron chi connectivity index (χ4n) is 4.91. The summed E-state index contributed by atoms with van der Waals surface area (Å²) in [4.78, 5) is 26.8. The number of Topliss-reactive ketones (excluding diaryl/α,β-unsaturated/α-hetero) is 1. The molecule has 1 unspecified atom stereocenters. The van der Waals surface area contributed by atoms with Crippen molar-refractivity contribution in [3.05, 3.63) is 118 Å². The molecule has 0 saturated heterocycles. The lowest BCUT2D eigenvalue weighted by molar-refractivity contribution is -0.116. The standard InChI is InChI=1S/C28H23N3O3/c32-23-16-8-15-22-25(23)24(18-9-7-14-21(17-18)34-20-12-5-2-6-13-20)26-27(29-22)30-31(28(26)33)19-10-3-1-4-11-19/h1-7,9-14,17,24,29-30H,8,15-16H2. The third-order valence-corrected chi connectivity index (χ3v) is 6.42. The van der Waals surface area contributed by atoms with Crippen LogP contribution in [0.3, 0.4) is 0 Å². The van der Waals surface area contributed by atoms with Gasteiger partial charge in [0.25, 0.3) is 5.56 Å². The highest BCUT2D eigenvalue weighted by Gasteiger charge is 2.38. The number of fused-ring (bicyclic) bond motifs is 1. The maximum absolute atomic E-state index is 13.7. The zero-order chi connectivity index (χ0) is 23.1. The zero-order valence-electron chi connectivity index (χ0n) is 18.5. The third-order valence-electron chi connectivity index (χ3n) is 6.42. The Labute approximate surface area is 196 Å². The molecule has 0 amide bonds. The average Bonchev–Trinajstić information content (AvgIpc) is 3.20. The molecule has 0 radical (unpaired) electrons. The lowest BCUT2D eigenvalue weighted by atomic mass is 9.77. The van der Waals surface area contributed by atoms with E-state index in [-0.39, 0.29) is 11.3 Å². The van der Waals surface area contributed by atoms with E-state index in [1.807, 2.05) is 84.9 Å². The molecule has 6 heteroatoms. The van der Waals surface area contributed by atoms with Crippen molar-refractivity contribution in [3.8, 4) is 17.2 Å². The summed E-state index contributed by atoms with van der Waals surface area (Å²) in [6.07, 6.45) is 2.06. The van der Waals surface area contributed by atoms with E-state index in [2.05, 4.69) is 10.4 Å². The molecule has 0 saturated carbocycles. The number of ketones is 1. The largest absolute Gasteiger partial charge is 0.457 e. The Morgan fingerprint density at radius 2 is 1.56 bits per heavy atom. The Balaban J connectivity index is 1.50. The number of hydrogen-bond acceptors (Lipinski definition) is 4. The van der Waals surface area contributed by atoms with Crippen molar-refractivity contribution in [2.24, 2.45) is 0 Å². The number of anilines is 1. The van der Waals surface area contributed by atoms with E-state index in [0.29, 0.717) is 29.1 Å². The smallest absolute Gasteiger partial charge is 0.277 e. The molecule has 34 heavy (non-hydrogen) atoms. The van der Waals surface area contributed by atoms with E-state index < -0.39 is 5.92 Å². The molecule has 0 fully saturated rings. The van der Waals surface area contributed by atoms with Crippen molar-refractivity contribution in [3.63, 3.8) is 0 Å². The fourth-order valence-corrected chi connectivity index (χ4v) is 4.91. The van der Waals surface area contributed by atoms with Crippen LogP contribution in [-0.2, 0) is 4.79 Å². The molecule has 2 heterocycles. The van der Waals surface area contributed by atoms with Crippen LogP contribution in [-0.4, -0.2) is 15.6 Å². The Morgan fingerprint density at radius 1 is 0.824 bits per heavy atom. The molecule has 0 spiro atoms. The molecule has 4 aromatic rings. The van der Waals surface area contributed by atoms with E-state index in [1.165, 1.54) is 4.68 Å². The molecular formula is C28H23N3O3. The molecule has 2 aliphatic rings. The van der Waals surface area contributed by atoms with E-state index in [0.717, 1.165) is 35.5 Å². The maximum atomic E-state index is 13.7. The Hall–Kier alpha value is -4.32. The molecule has 1 aliphatic heterocycles. The van der Waals surface area contributed by atoms with Crippen molar-refractivity contribution in [2.75, 3.05) is 5.32 Å². The number of para-hydroxylation sites is 2. The second-order valence-electron chi connectivity index (χ2n) is 8.59. The van der Waals surface area contributed by atoms with Crippen molar-refractivity contribution in [2.45, 2.75) is 25.2 Å². The van der Waals surface area contributed by atoms with E-state index in [9.17, 15) is 9.59 Å². The van der Waals surface area contributed by atoms with Crippen LogP contribution in [0, 0.1) is 0 Å². The van der Waals surface area contributed by atoms with Gasteiger partial charge in [-0.2, -0.15) is 0 Å². The topological polar surface area (TPSA) is 76.1 Å². The van der Waals surface area contributed by atoms with Crippen LogP contribution >= 0.6 is 0 Å². The summed E-state index contributed by atoms with van der Waals surface area (Å²) in [5.41, 5.74) is 3.56. The molecule has 6 nitrogen and oxygen atoms in total. The summed E-state index contributed by atoms with van der Waals surface area (Å²) in [6, 6.07) is 26.7. The number of ether oxygens (including phenoxy) is 1. The molecule has 1 atom stereocenters. The Kier molecular flexibility index (Phi) is 4.91. The van der Waals surface area contributed by atoms with Crippen molar-refractivity contribution < 1.29 is 9.53 Å². The zero-order valence-corrected chi connectivity index (χ0v) is 18.5. The molecular weight excluding hydrogens is 426 g/mol. The van der Waals surface area contributed by atoms with Gasteiger partial charge in [-0.25, -0.2) is 4.68 Å². The van der Waals surface area contributed by atoms with Crippen LogP contribution in [0.15, 0.2) is 101 Å². The predicted octanol–water partition coefficient (Wildman–Crippen LogP) is 5.52. The summed E-state index contributed by atoms with van der Waals surface area (Å²) in [7, 11) is 0. The minimum Gasteiger partial charge on any atom is -0.457 e. The predicted molar refractivity (Wildman–Crippen MR) is 131 cm³/mol. The second kappa shape index (κ2) is 8.23. The third kappa shape index (κ3) is 3.44. The molecule has 2 N–H and O–H groups in total. The number of aromatic amines is 1. The van der Waals surface area contributed by atoms with Crippen LogP contribution in [0.2, 0.25) is 0 Å². The van der Waals surface area contributed by atoms with E-state index in [4.69, 9.17) is 4.74 Å². The Bertz CT molecular complexity index is 1470. The number of allylic oxidation sites excluding steroid dienone is 2. The first-order chi connectivity index (χ1) is 16.7. The minimum atomic E-state index is -0.466. The number of nitrogens with one attached hydrogen (secondary N) is 2. The molecule has 1 aliphatic carbocycles. The number of aromatic nitrogens is 2. The van der Waals surface area contributed by atoms with Gasteiger partial charge in [-0.15, -0.1) is 0 Å². The molecule has 0 bridgehead atoms. The van der Waals surface area contributed by atoms with Gasteiger partial charge < -0.3 is 10.1 Å². The number of carbonyl (C=O) groups excluding carboxylic acids is 1. The van der Waals surface area contributed by atoms with E-state index >= 15 is 0 Å². The minimum absolute atomic E-state index is 0.0886. The maximum Gasteiger partial charge on any atom is 0.277 e. The normalized spacial score (nSPS) is 17.1. The van der Waals surface area contributed by atoms with Crippen LogP contribution in [0.4, 0.5) is 5.82 Å². The molecule has 168 valence electrons. The first kappa shape index (κ1) is 20.3. The second-order valence-corrected chi connectivity index (χ2v) is 8.59. The lowest BCUT2D eigenvalue weighted by Crippen LogP contribution is -2.29. The van der Waals surface area contributed by atoms with Crippen LogP contribution in [0.5, 0.6) is 11.5 Å². The monoisotopic (exact) mass is 449 g/mol. The van der Waals surface area contributed by atoms with Crippen LogP contribution in [0.25, 0.3) is 5.69 Å². The highest BCUT2D eigenvalue weighted by molar-refractivity contribution is 6.00. The highest BCUT2D eigenvalue weighted by atomic mass is 16.5. The number of nitrogens with zero attached hydrogens (tertiary/aromatic N) is 1. The summed E-state index contributed by atoms with van der Waals surface area (Å²) < 4.78 is 7.60. The summed E-state index contributed by atoms with van der Waals surface area (Å²) >= 11 is 0. The van der Waals surface area contributed by atoms with Crippen LogP contribution in [0.1, 0.15) is 36.3 Å². The number of rotatable bonds is 4. The van der Waals surface area contributed by atoms with Gasteiger partial charge in [-0.05, 0) is 54.8 Å². The Morgan fingerprint density at radius 3 is 2.35 bits per heavy atom. The first-order valence-electron chi connectivity index (χ1n) is 11.5. The number of carbonyl (C=O) groups is 1. The van der Waals surface area contributed by atoms with Gasteiger partial charge in [0, 0.05) is 23.6 Å². The lowest BCUT2D eigenvalue weighted by Gasteiger charge is -2.31. The summed E-state index contributed by atoms with van der Waals surface area (Å²) in [5.74, 6) is 1.65. The van der Waals surface area contributed by atoms with E-state index in [1.54, 1.807) is 0 Å². The SMILES string of the molecule is O=C1CCCC2=C1C(c1cccc(Oc3ccccc3)c1)c1c([nH]n(-c3ccccc3)c1=O)N2. The summed E-state index contributed by atoms with van der Waals surface area (Å²) in [6.45, 7) is 0. The molecule has 6 rings (SSSR count). The van der Waals surface area contributed by atoms with Gasteiger partial charge in [0.2, 0.25) is 0 Å². The summed E-state index contributed by atoms with van der Waals surface area (Å²) in [5, 5.41) is 6.60. The fraction of sp³-hybridized carbons (Fsp3) is 0.143. The quantitative estimate of drug-likeness (QED) is 0.430. The van der Waals surface area contributed by atoms with Gasteiger partial charge in [-0.3, -0.25) is 14.7 Å². The highest BCUT2D eigenvalue weighted by Crippen LogP contribution is 2.44. The van der Waals surface area contributed by atoms with Gasteiger partial charge >= 0.3 is 0 Å². The van der Waals surface area contributed by atoms with Crippen molar-refractivity contribution in [1.82, 2.24) is 9.78 Å².